The van der Waals surface area contributed by atoms with Gasteiger partial charge in [-0.25, -0.2) is 0 Å². The van der Waals surface area contributed by atoms with Crippen molar-refractivity contribution in [2.75, 3.05) is 24.5 Å². The molecule has 1 fully saturated rings. The number of carbonyl (C=O) groups is 2. The van der Waals surface area contributed by atoms with E-state index in [1.54, 1.807) is 29.4 Å². The summed E-state index contributed by atoms with van der Waals surface area (Å²) in [4.78, 5) is 29.0. The summed E-state index contributed by atoms with van der Waals surface area (Å²) in [6.45, 7) is 3.01. The molecule has 0 saturated carbocycles. The molecule has 2 heterocycles. The van der Waals surface area contributed by atoms with Crippen LogP contribution in [0.25, 0.3) is 0 Å². The number of rotatable bonds is 3. The topological polar surface area (TPSA) is 74.3 Å². The molecule has 2 N–H and O–H groups in total. The average Bonchev–Trinajstić information content (AvgIpc) is 2.41. The Morgan fingerprint density at radius 3 is 2.78 bits per heavy atom. The summed E-state index contributed by atoms with van der Waals surface area (Å²) in [7, 11) is 0. The third-order valence-corrected chi connectivity index (χ3v) is 2.87. The van der Waals surface area contributed by atoms with E-state index in [1.807, 2.05) is 6.92 Å². The summed E-state index contributed by atoms with van der Waals surface area (Å²) >= 11 is 0. The van der Waals surface area contributed by atoms with Gasteiger partial charge in [-0.05, 0) is 19.1 Å². The minimum atomic E-state index is -0.365. The van der Waals surface area contributed by atoms with Gasteiger partial charge in [-0.1, -0.05) is 0 Å². The number of likely N-dealkylation sites (N-methyl/N-ethyl adjacent to an activating group) is 1. The van der Waals surface area contributed by atoms with Crippen LogP contribution >= 0.6 is 0 Å². The molecule has 18 heavy (non-hydrogen) atoms. The number of nitrogens with zero attached hydrogens (tertiary/aromatic N) is 2. The zero-order chi connectivity index (χ0) is 13.0. The Kier molecular flexibility index (Phi) is 3.88. The number of hydrogen-bond donors (Lipinski definition) is 2. The molecule has 0 aromatic carbocycles. The molecule has 96 valence electrons. The van der Waals surface area contributed by atoms with Crippen LogP contribution in [0.5, 0.6) is 0 Å². The minimum Gasteiger partial charge on any atom is -0.353 e. The number of pyridine rings is 1. The van der Waals surface area contributed by atoms with E-state index in [0.29, 0.717) is 13.1 Å². The van der Waals surface area contributed by atoms with Crippen molar-refractivity contribution in [1.29, 1.82) is 0 Å². The highest BCUT2D eigenvalue weighted by Gasteiger charge is 2.27. The van der Waals surface area contributed by atoms with Crippen molar-refractivity contribution in [2.45, 2.75) is 13.0 Å². The molecule has 1 saturated heterocycles. The molecule has 0 bridgehead atoms. The van der Waals surface area contributed by atoms with Gasteiger partial charge in [0.25, 0.3) is 0 Å². The van der Waals surface area contributed by atoms with E-state index in [1.165, 1.54) is 0 Å². The van der Waals surface area contributed by atoms with E-state index in [-0.39, 0.29) is 24.4 Å². The van der Waals surface area contributed by atoms with Crippen molar-refractivity contribution < 1.29 is 9.59 Å². The molecule has 2 amide bonds. The van der Waals surface area contributed by atoms with E-state index >= 15 is 0 Å². The SMILES string of the molecule is CCN(C(=O)C1CNC(=O)CN1)c1ccncc1. The van der Waals surface area contributed by atoms with Gasteiger partial charge >= 0.3 is 0 Å². The van der Waals surface area contributed by atoms with Crippen LogP contribution in [0, 0.1) is 0 Å². The Morgan fingerprint density at radius 1 is 1.50 bits per heavy atom. The van der Waals surface area contributed by atoms with Crippen LogP contribution < -0.4 is 15.5 Å². The molecule has 0 aliphatic carbocycles. The fraction of sp³-hybridized carbons (Fsp3) is 0.417. The van der Waals surface area contributed by atoms with Gasteiger partial charge in [0.15, 0.2) is 0 Å². The van der Waals surface area contributed by atoms with Crippen LogP contribution in [0.4, 0.5) is 5.69 Å². The molecule has 1 unspecified atom stereocenters. The Hall–Kier alpha value is -1.95. The van der Waals surface area contributed by atoms with Gasteiger partial charge in [0.2, 0.25) is 11.8 Å². The van der Waals surface area contributed by atoms with Gasteiger partial charge in [-0.3, -0.25) is 19.9 Å². The quantitative estimate of drug-likeness (QED) is 0.758. The smallest absolute Gasteiger partial charge is 0.245 e. The first-order valence-electron chi connectivity index (χ1n) is 5.94. The third-order valence-electron chi connectivity index (χ3n) is 2.87. The Morgan fingerprint density at radius 2 is 2.22 bits per heavy atom. The second-order valence-electron chi connectivity index (χ2n) is 4.03. The monoisotopic (exact) mass is 248 g/mol. The Labute approximate surface area is 105 Å². The van der Waals surface area contributed by atoms with Crippen LogP contribution in [0.3, 0.4) is 0 Å². The summed E-state index contributed by atoms with van der Waals surface area (Å²) in [6.07, 6.45) is 3.31. The largest absolute Gasteiger partial charge is 0.353 e. The van der Waals surface area contributed by atoms with Crippen molar-refractivity contribution in [3.8, 4) is 0 Å². The molecule has 2 rings (SSSR count). The number of nitrogens with one attached hydrogen (secondary N) is 2. The minimum absolute atomic E-state index is 0.0382. The first-order chi connectivity index (χ1) is 8.72. The van der Waals surface area contributed by atoms with Gasteiger partial charge in [-0.15, -0.1) is 0 Å². The second kappa shape index (κ2) is 5.59. The molecule has 0 spiro atoms. The number of carbonyl (C=O) groups excluding carboxylic acids is 2. The van der Waals surface area contributed by atoms with Gasteiger partial charge in [0.05, 0.1) is 6.54 Å². The van der Waals surface area contributed by atoms with Crippen molar-refractivity contribution in [1.82, 2.24) is 15.6 Å². The highest BCUT2D eigenvalue weighted by molar-refractivity contribution is 5.98. The summed E-state index contributed by atoms with van der Waals surface area (Å²) in [6, 6.07) is 3.22. The van der Waals surface area contributed by atoms with Crippen LogP contribution in [0.15, 0.2) is 24.5 Å². The molecule has 6 heteroatoms. The fourth-order valence-electron chi connectivity index (χ4n) is 1.92. The lowest BCUT2D eigenvalue weighted by atomic mass is 10.2. The lowest BCUT2D eigenvalue weighted by Gasteiger charge is -2.29. The molecule has 1 aromatic rings. The van der Waals surface area contributed by atoms with Crippen LogP contribution in [-0.4, -0.2) is 42.5 Å². The predicted molar refractivity (Wildman–Crippen MR) is 67.1 cm³/mol. The molecule has 6 nitrogen and oxygen atoms in total. The molecule has 0 radical (unpaired) electrons. The summed E-state index contributed by atoms with van der Waals surface area (Å²) in [5.41, 5.74) is 0.816. The van der Waals surface area contributed by atoms with Gasteiger partial charge in [0, 0.05) is 31.2 Å². The zero-order valence-electron chi connectivity index (χ0n) is 10.2. The molecule has 1 atom stereocenters. The maximum Gasteiger partial charge on any atom is 0.245 e. The number of amides is 2. The first-order valence-corrected chi connectivity index (χ1v) is 5.94. The fourth-order valence-corrected chi connectivity index (χ4v) is 1.92. The van der Waals surface area contributed by atoms with E-state index in [2.05, 4.69) is 15.6 Å². The van der Waals surface area contributed by atoms with Gasteiger partial charge in [-0.2, -0.15) is 0 Å². The van der Waals surface area contributed by atoms with Crippen LogP contribution in [-0.2, 0) is 9.59 Å². The number of aromatic nitrogens is 1. The lowest BCUT2D eigenvalue weighted by molar-refractivity contribution is -0.125. The van der Waals surface area contributed by atoms with E-state index < -0.39 is 0 Å². The number of piperazine rings is 1. The van der Waals surface area contributed by atoms with E-state index in [4.69, 9.17) is 0 Å². The summed E-state index contributed by atoms with van der Waals surface area (Å²) in [5.74, 6) is -0.116. The van der Waals surface area contributed by atoms with Crippen LogP contribution in [0.1, 0.15) is 6.92 Å². The first kappa shape index (κ1) is 12.5. The van der Waals surface area contributed by atoms with Gasteiger partial charge < -0.3 is 10.2 Å². The number of anilines is 1. The van der Waals surface area contributed by atoms with Gasteiger partial charge in [0.1, 0.15) is 6.04 Å². The van der Waals surface area contributed by atoms with Crippen molar-refractivity contribution in [3.05, 3.63) is 24.5 Å². The maximum atomic E-state index is 12.3. The Balaban J connectivity index is 2.09. The van der Waals surface area contributed by atoms with Crippen molar-refractivity contribution >= 4 is 17.5 Å². The third kappa shape index (κ3) is 2.65. The van der Waals surface area contributed by atoms with E-state index in [9.17, 15) is 9.59 Å². The maximum absolute atomic E-state index is 12.3. The Bertz CT molecular complexity index is 425. The lowest BCUT2D eigenvalue weighted by Crippen LogP contribution is -2.58. The van der Waals surface area contributed by atoms with Crippen molar-refractivity contribution in [2.24, 2.45) is 0 Å². The average molecular weight is 248 g/mol. The van der Waals surface area contributed by atoms with E-state index in [0.717, 1.165) is 5.69 Å². The highest BCUT2D eigenvalue weighted by atomic mass is 16.2. The summed E-state index contributed by atoms with van der Waals surface area (Å²) < 4.78 is 0. The standard InChI is InChI=1S/C12H16N4O2/c1-2-16(9-3-5-13-6-4-9)12(18)10-7-15-11(17)8-14-10/h3-6,10,14H,2,7-8H2,1H3,(H,15,17). The summed E-state index contributed by atoms with van der Waals surface area (Å²) in [5, 5.41) is 5.62. The molecular formula is C12H16N4O2. The molecule has 1 aliphatic rings. The highest BCUT2D eigenvalue weighted by Crippen LogP contribution is 2.13. The normalized spacial score (nSPS) is 19.2. The molecular weight excluding hydrogens is 232 g/mol. The predicted octanol–water partition coefficient (Wildman–Crippen LogP) is -0.477. The molecule has 1 aliphatic heterocycles. The zero-order valence-corrected chi connectivity index (χ0v) is 10.2. The van der Waals surface area contributed by atoms with Crippen LogP contribution in [0.2, 0.25) is 0 Å². The molecule has 1 aromatic heterocycles. The van der Waals surface area contributed by atoms with Crippen molar-refractivity contribution in [3.63, 3.8) is 0 Å². The second-order valence-corrected chi connectivity index (χ2v) is 4.03. The number of hydrogen-bond acceptors (Lipinski definition) is 4.